The molecule has 0 saturated carbocycles. The van der Waals surface area contributed by atoms with E-state index in [1.807, 2.05) is 0 Å². The average Bonchev–Trinajstić information content (AvgIpc) is 2.27. The molecule has 1 aliphatic carbocycles. The van der Waals surface area contributed by atoms with E-state index in [-0.39, 0.29) is 11.2 Å². The van der Waals surface area contributed by atoms with E-state index in [0.29, 0.717) is 24.7 Å². The van der Waals surface area contributed by atoms with Crippen LogP contribution in [0.2, 0.25) is 0 Å². The van der Waals surface area contributed by atoms with Gasteiger partial charge >= 0.3 is 0 Å². The van der Waals surface area contributed by atoms with Crippen LogP contribution in [0.25, 0.3) is 0 Å². The highest BCUT2D eigenvalue weighted by molar-refractivity contribution is 5.97. The number of Topliss-reactive ketones (excluding diaryl/α,β-unsaturated/α-hetero) is 1. The van der Waals surface area contributed by atoms with Gasteiger partial charge in [0.1, 0.15) is 0 Å². The molecule has 0 radical (unpaired) electrons. The molecule has 0 bridgehead atoms. The zero-order chi connectivity index (χ0) is 9.64. The van der Waals surface area contributed by atoms with E-state index >= 15 is 0 Å². The van der Waals surface area contributed by atoms with Gasteiger partial charge < -0.3 is 4.74 Å². The fourth-order valence-electron chi connectivity index (χ4n) is 2.52. The highest BCUT2D eigenvalue weighted by Gasteiger charge is 2.41. The van der Waals surface area contributed by atoms with Gasteiger partial charge in [-0.2, -0.15) is 0 Å². The highest BCUT2D eigenvalue weighted by atomic mass is 16.5. The molecule has 2 nitrogen and oxygen atoms in total. The minimum atomic E-state index is 0.166. The lowest BCUT2D eigenvalue weighted by Crippen LogP contribution is -2.25. The number of hydrogen-bond donors (Lipinski definition) is 0. The number of rotatable bonds is 0. The molecule has 1 atom stereocenters. The lowest BCUT2D eigenvalue weighted by atomic mass is 9.76. The van der Waals surface area contributed by atoms with Gasteiger partial charge in [-0.1, -0.05) is 20.8 Å². The first-order valence-corrected chi connectivity index (χ1v) is 4.93. The molecular weight excluding hydrogens is 164 g/mol. The molecule has 0 amide bonds. The van der Waals surface area contributed by atoms with Crippen molar-refractivity contribution in [3.63, 3.8) is 0 Å². The lowest BCUT2D eigenvalue weighted by Gasteiger charge is -2.33. The van der Waals surface area contributed by atoms with E-state index in [0.717, 1.165) is 6.42 Å². The fourth-order valence-corrected chi connectivity index (χ4v) is 2.52. The maximum atomic E-state index is 11.5. The first kappa shape index (κ1) is 8.79. The molecule has 13 heavy (non-hydrogen) atoms. The highest BCUT2D eigenvalue weighted by Crippen LogP contribution is 2.46. The number of allylic oxidation sites excluding steroid dienone is 2. The van der Waals surface area contributed by atoms with E-state index in [1.165, 1.54) is 5.57 Å². The van der Waals surface area contributed by atoms with Crippen molar-refractivity contribution in [3.05, 3.63) is 11.3 Å². The fraction of sp³-hybridized carbons (Fsp3) is 0.727. The zero-order valence-corrected chi connectivity index (χ0v) is 8.52. The third-order valence-electron chi connectivity index (χ3n) is 3.18. The summed E-state index contributed by atoms with van der Waals surface area (Å²) in [4.78, 5) is 11.5. The molecule has 2 heteroatoms. The van der Waals surface area contributed by atoms with Crippen LogP contribution in [0.4, 0.5) is 0 Å². The Labute approximate surface area is 79.0 Å². The summed E-state index contributed by atoms with van der Waals surface area (Å²) in [5.41, 5.74) is 1.42. The van der Waals surface area contributed by atoms with E-state index in [4.69, 9.17) is 4.74 Å². The molecule has 1 aliphatic heterocycles. The molecule has 0 aromatic carbocycles. The molecule has 1 unspecified atom stereocenters. The molecule has 0 N–H and O–H groups in total. The van der Waals surface area contributed by atoms with Gasteiger partial charge in [0.05, 0.1) is 6.61 Å². The maximum absolute atomic E-state index is 11.5. The van der Waals surface area contributed by atoms with Crippen molar-refractivity contribution < 1.29 is 9.53 Å². The predicted octanol–water partition coefficient (Wildman–Crippen LogP) is 2.30. The maximum Gasteiger partial charge on any atom is 0.197 e. The van der Waals surface area contributed by atoms with Gasteiger partial charge in [-0.25, -0.2) is 0 Å². The van der Waals surface area contributed by atoms with E-state index in [9.17, 15) is 4.79 Å². The first-order valence-electron chi connectivity index (χ1n) is 4.93. The monoisotopic (exact) mass is 180 g/mol. The Morgan fingerprint density at radius 1 is 1.46 bits per heavy atom. The number of ether oxygens (including phenoxy) is 1. The Balaban J connectivity index is 2.46. The molecule has 2 aliphatic rings. The van der Waals surface area contributed by atoms with Gasteiger partial charge in [-0.3, -0.25) is 4.79 Å². The third kappa shape index (κ3) is 1.19. The van der Waals surface area contributed by atoms with Crippen molar-refractivity contribution in [1.82, 2.24) is 0 Å². The summed E-state index contributed by atoms with van der Waals surface area (Å²) in [5.74, 6) is 1.27. The number of carbonyl (C=O) groups excluding carboxylic acids is 1. The Kier molecular flexibility index (Phi) is 1.76. The normalized spacial score (nSPS) is 31.6. The van der Waals surface area contributed by atoms with Crippen LogP contribution in [0.1, 0.15) is 33.6 Å². The largest absolute Gasteiger partial charge is 0.490 e. The number of carbonyl (C=O) groups is 1. The lowest BCUT2D eigenvalue weighted by molar-refractivity contribution is -0.118. The van der Waals surface area contributed by atoms with Crippen LogP contribution in [-0.2, 0) is 9.53 Å². The quantitative estimate of drug-likeness (QED) is 0.571. The van der Waals surface area contributed by atoms with E-state index < -0.39 is 0 Å². The SMILES string of the molecule is CC1CC(=O)C2=C1C(C)(C)CCO2. The smallest absolute Gasteiger partial charge is 0.197 e. The molecule has 72 valence electrons. The minimum Gasteiger partial charge on any atom is -0.490 e. The second-order valence-electron chi connectivity index (χ2n) is 4.75. The third-order valence-corrected chi connectivity index (χ3v) is 3.18. The second kappa shape index (κ2) is 2.60. The van der Waals surface area contributed by atoms with Crippen LogP contribution in [0, 0.1) is 11.3 Å². The Morgan fingerprint density at radius 2 is 2.15 bits per heavy atom. The van der Waals surface area contributed by atoms with Crippen molar-refractivity contribution in [2.75, 3.05) is 6.61 Å². The van der Waals surface area contributed by atoms with Gasteiger partial charge in [0.15, 0.2) is 11.5 Å². The van der Waals surface area contributed by atoms with Crippen LogP contribution < -0.4 is 0 Å². The van der Waals surface area contributed by atoms with Crippen molar-refractivity contribution in [1.29, 1.82) is 0 Å². The van der Waals surface area contributed by atoms with E-state index in [1.54, 1.807) is 0 Å². The topological polar surface area (TPSA) is 26.3 Å². The van der Waals surface area contributed by atoms with Gasteiger partial charge in [0, 0.05) is 6.42 Å². The minimum absolute atomic E-state index is 0.166. The summed E-state index contributed by atoms with van der Waals surface area (Å²) in [6.07, 6.45) is 1.68. The molecule has 1 heterocycles. The van der Waals surface area contributed by atoms with Crippen LogP contribution in [0.5, 0.6) is 0 Å². The second-order valence-corrected chi connectivity index (χ2v) is 4.75. The van der Waals surface area contributed by atoms with Crippen molar-refractivity contribution in [2.45, 2.75) is 33.6 Å². The summed E-state index contributed by atoms with van der Waals surface area (Å²) in [6, 6.07) is 0. The molecule has 0 saturated heterocycles. The summed E-state index contributed by atoms with van der Waals surface area (Å²) < 4.78 is 5.45. The standard InChI is InChI=1S/C11H16O2/c1-7-6-8(12)10-9(7)11(2,3)4-5-13-10/h7H,4-6H2,1-3H3. The van der Waals surface area contributed by atoms with Crippen LogP contribution in [0.3, 0.4) is 0 Å². The predicted molar refractivity (Wildman–Crippen MR) is 50.2 cm³/mol. The molecule has 0 fully saturated rings. The van der Waals surface area contributed by atoms with Crippen LogP contribution in [0.15, 0.2) is 11.3 Å². The zero-order valence-electron chi connectivity index (χ0n) is 8.52. The van der Waals surface area contributed by atoms with Crippen LogP contribution >= 0.6 is 0 Å². The summed E-state index contributed by atoms with van der Waals surface area (Å²) in [5, 5.41) is 0. The molecule has 0 spiro atoms. The van der Waals surface area contributed by atoms with Crippen molar-refractivity contribution >= 4 is 5.78 Å². The van der Waals surface area contributed by atoms with Gasteiger partial charge in [0.2, 0.25) is 0 Å². The summed E-state index contributed by atoms with van der Waals surface area (Å²) in [7, 11) is 0. The van der Waals surface area contributed by atoms with Crippen LogP contribution in [-0.4, -0.2) is 12.4 Å². The first-order chi connectivity index (χ1) is 6.02. The van der Waals surface area contributed by atoms with Gasteiger partial charge in [0.25, 0.3) is 0 Å². The molecule has 0 aromatic rings. The Hall–Kier alpha value is -0.790. The number of hydrogen-bond acceptors (Lipinski definition) is 2. The molecule has 2 rings (SSSR count). The Bertz CT molecular complexity index is 286. The molecule has 0 aromatic heterocycles. The Morgan fingerprint density at radius 3 is 2.77 bits per heavy atom. The van der Waals surface area contributed by atoms with Gasteiger partial charge in [-0.15, -0.1) is 0 Å². The van der Waals surface area contributed by atoms with E-state index in [2.05, 4.69) is 20.8 Å². The average molecular weight is 180 g/mol. The summed E-state index contributed by atoms with van der Waals surface area (Å²) in [6.45, 7) is 7.24. The van der Waals surface area contributed by atoms with Crippen molar-refractivity contribution in [3.8, 4) is 0 Å². The summed E-state index contributed by atoms with van der Waals surface area (Å²) >= 11 is 0. The van der Waals surface area contributed by atoms with Gasteiger partial charge in [-0.05, 0) is 23.3 Å². The number of ketones is 1. The van der Waals surface area contributed by atoms with Crippen molar-refractivity contribution in [2.24, 2.45) is 11.3 Å². The molecular formula is C11H16O2.